The molecule has 16 heavy (non-hydrogen) atoms. The Labute approximate surface area is 97.0 Å². The number of aromatic hydroxyl groups is 2. The molecule has 0 radical (unpaired) electrons. The fraction of sp³-hybridized carbons (Fsp3) is 0.0909. The number of thioether (sulfide) groups is 1. The maximum absolute atomic E-state index is 9.56. The highest BCUT2D eigenvalue weighted by Gasteiger charge is 2.03. The summed E-state index contributed by atoms with van der Waals surface area (Å²) in [4.78, 5) is 8.74. The van der Waals surface area contributed by atoms with Crippen LogP contribution in [0.3, 0.4) is 0 Å². The number of phenolic OH excluding ortho intramolecular Hbond substituents is 2. The summed E-state index contributed by atoms with van der Waals surface area (Å²) in [6.07, 6.45) is 4.91. The topological polar surface area (TPSA) is 66.2 Å². The minimum atomic E-state index is 0.0642. The number of phenols is 2. The van der Waals surface area contributed by atoms with Gasteiger partial charge in [0, 0.05) is 34.7 Å². The Morgan fingerprint density at radius 3 is 2.56 bits per heavy atom. The van der Waals surface area contributed by atoms with E-state index in [-0.39, 0.29) is 11.5 Å². The first-order chi connectivity index (χ1) is 7.75. The van der Waals surface area contributed by atoms with Crippen molar-refractivity contribution in [3.63, 3.8) is 0 Å². The van der Waals surface area contributed by atoms with Crippen LogP contribution in [0, 0.1) is 0 Å². The molecule has 0 unspecified atom stereocenters. The van der Waals surface area contributed by atoms with Gasteiger partial charge in [0.15, 0.2) is 0 Å². The van der Waals surface area contributed by atoms with Crippen molar-refractivity contribution in [3.8, 4) is 11.5 Å². The molecule has 1 aromatic heterocycles. The largest absolute Gasteiger partial charge is 0.508 e. The zero-order valence-electron chi connectivity index (χ0n) is 8.37. The predicted octanol–water partition coefficient (Wildman–Crippen LogP) is 2.18. The van der Waals surface area contributed by atoms with Crippen LogP contribution in [0.25, 0.3) is 0 Å². The Morgan fingerprint density at radius 1 is 1.12 bits per heavy atom. The van der Waals surface area contributed by atoms with E-state index in [1.165, 1.54) is 24.2 Å². The zero-order valence-corrected chi connectivity index (χ0v) is 9.18. The Kier molecular flexibility index (Phi) is 3.26. The van der Waals surface area contributed by atoms with Gasteiger partial charge in [0.05, 0.1) is 0 Å². The number of benzene rings is 1. The van der Waals surface area contributed by atoms with Gasteiger partial charge in [-0.3, -0.25) is 0 Å². The lowest BCUT2D eigenvalue weighted by Crippen LogP contribution is -1.83. The highest BCUT2D eigenvalue weighted by Crippen LogP contribution is 2.28. The van der Waals surface area contributed by atoms with E-state index in [0.29, 0.717) is 5.75 Å². The average molecular weight is 234 g/mol. The van der Waals surface area contributed by atoms with E-state index in [2.05, 4.69) is 9.97 Å². The van der Waals surface area contributed by atoms with Gasteiger partial charge in [-0.15, -0.1) is 11.8 Å². The van der Waals surface area contributed by atoms with Gasteiger partial charge in [0.1, 0.15) is 17.8 Å². The molecule has 0 aliphatic heterocycles. The number of rotatable bonds is 3. The van der Waals surface area contributed by atoms with Gasteiger partial charge in [-0.05, 0) is 6.07 Å². The fourth-order valence-electron chi connectivity index (χ4n) is 1.20. The molecule has 2 N–H and O–H groups in total. The number of hydrogen-bond donors (Lipinski definition) is 2. The second-order valence-corrected chi connectivity index (χ2v) is 4.22. The molecule has 0 spiro atoms. The Bertz CT molecular complexity index is 477. The highest BCUT2D eigenvalue weighted by atomic mass is 32.2. The summed E-state index contributed by atoms with van der Waals surface area (Å²) in [5.41, 5.74) is 0.770. The molecule has 0 atom stereocenters. The third kappa shape index (κ3) is 2.64. The van der Waals surface area contributed by atoms with E-state index in [1.807, 2.05) is 0 Å². The third-order valence-corrected chi connectivity index (χ3v) is 3.00. The van der Waals surface area contributed by atoms with Crippen LogP contribution >= 0.6 is 11.8 Å². The maximum atomic E-state index is 9.56. The fourth-order valence-corrected chi connectivity index (χ4v) is 2.03. The van der Waals surface area contributed by atoms with Crippen molar-refractivity contribution >= 4 is 11.8 Å². The quantitative estimate of drug-likeness (QED) is 0.797. The Morgan fingerprint density at radius 2 is 1.88 bits per heavy atom. The van der Waals surface area contributed by atoms with Crippen LogP contribution < -0.4 is 0 Å². The SMILES string of the molecule is Oc1ccc(CSc2cncnc2)c(O)c1. The summed E-state index contributed by atoms with van der Waals surface area (Å²) in [6, 6.07) is 4.58. The number of hydrogen-bond acceptors (Lipinski definition) is 5. The van der Waals surface area contributed by atoms with Gasteiger partial charge < -0.3 is 10.2 Å². The van der Waals surface area contributed by atoms with Crippen molar-refractivity contribution in [2.24, 2.45) is 0 Å². The second kappa shape index (κ2) is 4.85. The lowest BCUT2D eigenvalue weighted by atomic mass is 10.2. The molecule has 4 nitrogen and oxygen atoms in total. The summed E-state index contributed by atoms with van der Waals surface area (Å²) in [7, 11) is 0. The van der Waals surface area contributed by atoms with Crippen molar-refractivity contribution in [2.45, 2.75) is 10.6 Å². The number of nitrogens with zero attached hydrogens (tertiary/aromatic N) is 2. The summed E-state index contributed by atoms with van der Waals surface area (Å²) in [6.45, 7) is 0. The van der Waals surface area contributed by atoms with Gasteiger partial charge in [-0.2, -0.15) is 0 Å². The van der Waals surface area contributed by atoms with Gasteiger partial charge in [-0.25, -0.2) is 9.97 Å². The second-order valence-electron chi connectivity index (χ2n) is 3.18. The van der Waals surface area contributed by atoms with Crippen LogP contribution in [0.5, 0.6) is 11.5 Å². The summed E-state index contributed by atoms with van der Waals surface area (Å²) in [5, 5.41) is 18.7. The molecule has 2 aromatic rings. The Hall–Kier alpha value is -1.75. The first-order valence-electron chi connectivity index (χ1n) is 4.64. The molecule has 1 heterocycles. The van der Waals surface area contributed by atoms with Crippen molar-refractivity contribution in [2.75, 3.05) is 0 Å². The van der Waals surface area contributed by atoms with E-state index >= 15 is 0 Å². The minimum Gasteiger partial charge on any atom is -0.508 e. The van der Waals surface area contributed by atoms with Crippen LogP contribution in [0.2, 0.25) is 0 Å². The molecule has 2 rings (SSSR count). The molecule has 1 aromatic carbocycles. The third-order valence-electron chi connectivity index (χ3n) is 2.00. The monoisotopic (exact) mass is 234 g/mol. The van der Waals surface area contributed by atoms with Crippen LogP contribution in [-0.2, 0) is 5.75 Å². The lowest BCUT2D eigenvalue weighted by molar-refractivity contribution is 0.447. The maximum Gasteiger partial charge on any atom is 0.123 e. The molecule has 0 aliphatic carbocycles. The summed E-state index contributed by atoms with van der Waals surface area (Å²) >= 11 is 1.53. The van der Waals surface area contributed by atoms with E-state index in [1.54, 1.807) is 24.5 Å². The molecule has 0 fully saturated rings. The van der Waals surface area contributed by atoms with Gasteiger partial charge in [-0.1, -0.05) is 6.07 Å². The van der Waals surface area contributed by atoms with Crippen molar-refractivity contribution in [1.82, 2.24) is 9.97 Å². The van der Waals surface area contributed by atoms with E-state index in [9.17, 15) is 5.11 Å². The molecule has 0 saturated carbocycles. The molecule has 0 aliphatic rings. The Balaban J connectivity index is 2.05. The van der Waals surface area contributed by atoms with Crippen LogP contribution in [0.15, 0.2) is 41.8 Å². The highest BCUT2D eigenvalue weighted by molar-refractivity contribution is 7.98. The minimum absolute atomic E-state index is 0.0642. The molecule has 82 valence electrons. The van der Waals surface area contributed by atoms with Gasteiger partial charge >= 0.3 is 0 Å². The molecular weight excluding hydrogens is 224 g/mol. The average Bonchev–Trinajstić information content (AvgIpc) is 2.29. The van der Waals surface area contributed by atoms with Crippen molar-refractivity contribution in [3.05, 3.63) is 42.5 Å². The predicted molar refractivity (Wildman–Crippen MR) is 61.4 cm³/mol. The standard InChI is InChI=1S/C11H10N2O2S/c14-9-2-1-8(11(15)3-9)6-16-10-4-12-7-13-5-10/h1-5,7,14-15H,6H2. The zero-order chi connectivity index (χ0) is 11.4. The normalized spacial score (nSPS) is 10.2. The molecule has 0 saturated heterocycles. The first kappa shape index (κ1) is 10.8. The molecular formula is C11H10N2O2S. The molecule has 0 amide bonds. The summed E-state index contributed by atoms with van der Waals surface area (Å²) < 4.78 is 0. The van der Waals surface area contributed by atoms with E-state index in [0.717, 1.165) is 10.5 Å². The van der Waals surface area contributed by atoms with Crippen molar-refractivity contribution in [1.29, 1.82) is 0 Å². The van der Waals surface area contributed by atoms with Gasteiger partial charge in [0.2, 0.25) is 0 Å². The van der Waals surface area contributed by atoms with E-state index in [4.69, 9.17) is 5.11 Å². The smallest absolute Gasteiger partial charge is 0.123 e. The first-order valence-corrected chi connectivity index (χ1v) is 5.63. The summed E-state index contributed by atoms with van der Waals surface area (Å²) in [5.74, 6) is 0.776. The van der Waals surface area contributed by atoms with Crippen molar-refractivity contribution < 1.29 is 10.2 Å². The van der Waals surface area contributed by atoms with Crippen LogP contribution in [0.4, 0.5) is 0 Å². The van der Waals surface area contributed by atoms with Crippen LogP contribution in [-0.4, -0.2) is 20.2 Å². The van der Waals surface area contributed by atoms with Crippen LogP contribution in [0.1, 0.15) is 5.56 Å². The van der Waals surface area contributed by atoms with E-state index < -0.39 is 0 Å². The number of aromatic nitrogens is 2. The molecule has 5 heteroatoms. The van der Waals surface area contributed by atoms with Gasteiger partial charge in [0.25, 0.3) is 0 Å². The molecule has 0 bridgehead atoms. The lowest BCUT2D eigenvalue weighted by Gasteiger charge is -2.04.